The van der Waals surface area contributed by atoms with Crippen LogP contribution in [0.1, 0.15) is 6.42 Å². The van der Waals surface area contributed by atoms with Crippen LogP contribution in [0, 0.1) is 0 Å². The Labute approximate surface area is 166 Å². The number of hydrogen-bond donors (Lipinski definition) is 2. The number of anilines is 1. The minimum atomic E-state index is 0.419. The number of aryl methyl sites for hydroxylation is 1. The highest BCUT2D eigenvalue weighted by molar-refractivity contribution is 6.14. The number of nitrogens with one attached hydrogen (secondary N) is 1. The van der Waals surface area contributed by atoms with Crippen LogP contribution in [-0.4, -0.2) is 36.6 Å². The molecule has 0 amide bonds. The molecule has 0 aliphatic rings. The van der Waals surface area contributed by atoms with Crippen molar-refractivity contribution in [1.29, 1.82) is 0 Å². The number of nitrogen functional groups attached to an aromatic ring is 1. The van der Waals surface area contributed by atoms with Crippen LogP contribution >= 0.6 is 0 Å². The third-order valence-corrected chi connectivity index (χ3v) is 4.77. The van der Waals surface area contributed by atoms with Gasteiger partial charge in [-0.15, -0.1) is 0 Å². The number of nitrogens with zero attached hydrogens (tertiary/aromatic N) is 5. The van der Waals surface area contributed by atoms with Crippen molar-refractivity contribution in [2.45, 2.75) is 13.0 Å². The minimum Gasteiger partial charge on any atom is -0.478 e. The fourth-order valence-electron chi connectivity index (χ4n) is 3.51. The number of hydrogen-bond acceptors (Lipinski definition) is 6. The predicted molar refractivity (Wildman–Crippen MR) is 111 cm³/mol. The molecular formula is C21H19N7O. The van der Waals surface area contributed by atoms with E-state index < -0.39 is 0 Å². The second kappa shape index (κ2) is 7.23. The molecule has 0 spiro atoms. The van der Waals surface area contributed by atoms with E-state index in [1.54, 1.807) is 12.4 Å². The predicted octanol–water partition coefficient (Wildman–Crippen LogP) is 3.42. The summed E-state index contributed by atoms with van der Waals surface area (Å²) >= 11 is 0. The summed E-state index contributed by atoms with van der Waals surface area (Å²) in [6.45, 7) is 1.19. The molecule has 0 aliphatic heterocycles. The van der Waals surface area contributed by atoms with E-state index in [4.69, 9.17) is 15.6 Å². The van der Waals surface area contributed by atoms with E-state index in [-0.39, 0.29) is 0 Å². The first-order valence-electron chi connectivity index (χ1n) is 9.39. The Bertz CT molecular complexity index is 1260. The first-order valence-corrected chi connectivity index (χ1v) is 9.39. The Balaban J connectivity index is 1.53. The molecule has 0 saturated carbocycles. The molecule has 144 valence electrons. The van der Waals surface area contributed by atoms with Gasteiger partial charge in [-0.25, -0.2) is 9.97 Å². The van der Waals surface area contributed by atoms with Crippen molar-refractivity contribution >= 4 is 27.6 Å². The number of para-hydroxylation sites is 1. The maximum absolute atomic E-state index is 6.24. The van der Waals surface area contributed by atoms with Gasteiger partial charge in [-0.2, -0.15) is 10.2 Å². The average Bonchev–Trinajstić information content (AvgIpc) is 3.40. The number of aromatic amines is 1. The molecule has 4 aromatic heterocycles. The fourth-order valence-corrected chi connectivity index (χ4v) is 3.51. The molecule has 3 N–H and O–H groups in total. The minimum absolute atomic E-state index is 0.419. The molecule has 0 radical (unpaired) electrons. The number of ether oxygens (including phenoxy) is 1. The van der Waals surface area contributed by atoms with Gasteiger partial charge in [0.25, 0.3) is 0 Å². The maximum Gasteiger partial charge on any atom is 0.213 e. The van der Waals surface area contributed by atoms with Gasteiger partial charge in [0.05, 0.1) is 23.5 Å². The monoisotopic (exact) mass is 385 g/mol. The zero-order chi connectivity index (χ0) is 19.6. The molecule has 8 heteroatoms. The number of pyridine rings is 2. The van der Waals surface area contributed by atoms with Gasteiger partial charge in [-0.1, -0.05) is 24.3 Å². The number of H-pyrrole nitrogens is 1. The Morgan fingerprint density at radius 2 is 1.93 bits per heavy atom. The van der Waals surface area contributed by atoms with Crippen LogP contribution < -0.4 is 10.5 Å². The molecule has 0 bridgehead atoms. The normalized spacial score (nSPS) is 11.3. The van der Waals surface area contributed by atoms with Crippen LogP contribution in [0.25, 0.3) is 33.2 Å². The van der Waals surface area contributed by atoms with Gasteiger partial charge in [-0.3, -0.25) is 9.78 Å². The van der Waals surface area contributed by atoms with E-state index in [1.807, 2.05) is 53.2 Å². The molecule has 5 aromatic rings. The smallest absolute Gasteiger partial charge is 0.213 e. The van der Waals surface area contributed by atoms with Gasteiger partial charge in [0.1, 0.15) is 5.52 Å². The van der Waals surface area contributed by atoms with Crippen molar-refractivity contribution in [3.8, 4) is 17.3 Å². The summed E-state index contributed by atoms with van der Waals surface area (Å²) < 4.78 is 7.67. The zero-order valence-corrected chi connectivity index (χ0v) is 15.6. The number of aromatic nitrogens is 6. The van der Waals surface area contributed by atoms with E-state index in [0.29, 0.717) is 30.4 Å². The van der Waals surface area contributed by atoms with Crippen LogP contribution in [0.4, 0.5) is 5.82 Å². The largest absolute Gasteiger partial charge is 0.478 e. The van der Waals surface area contributed by atoms with Crippen molar-refractivity contribution in [2.75, 3.05) is 12.3 Å². The maximum atomic E-state index is 6.24. The molecule has 0 aliphatic carbocycles. The van der Waals surface area contributed by atoms with Crippen LogP contribution in [0.3, 0.4) is 0 Å². The third kappa shape index (κ3) is 3.14. The van der Waals surface area contributed by atoms with Crippen molar-refractivity contribution < 1.29 is 4.74 Å². The number of rotatable bonds is 6. The zero-order valence-electron chi connectivity index (χ0n) is 15.6. The lowest BCUT2D eigenvalue weighted by Gasteiger charge is -2.08. The summed E-state index contributed by atoms with van der Waals surface area (Å²) in [4.78, 5) is 8.70. The number of benzene rings is 1. The summed E-state index contributed by atoms with van der Waals surface area (Å²) in [5.74, 6) is 1.04. The molecule has 1 aromatic carbocycles. The van der Waals surface area contributed by atoms with E-state index in [0.717, 1.165) is 34.1 Å². The van der Waals surface area contributed by atoms with Gasteiger partial charge in [0.15, 0.2) is 5.82 Å². The lowest BCUT2D eigenvalue weighted by molar-refractivity contribution is 0.288. The van der Waals surface area contributed by atoms with Gasteiger partial charge < -0.3 is 10.5 Å². The lowest BCUT2D eigenvalue weighted by Crippen LogP contribution is -2.07. The van der Waals surface area contributed by atoms with E-state index >= 15 is 0 Å². The van der Waals surface area contributed by atoms with Crippen LogP contribution in [-0.2, 0) is 6.54 Å². The Hall–Kier alpha value is -3.94. The fraction of sp³-hybridized carbons (Fsp3) is 0.143. The molecule has 0 atom stereocenters. The molecule has 0 fully saturated rings. The topological polar surface area (TPSA) is 108 Å². The van der Waals surface area contributed by atoms with E-state index in [1.165, 1.54) is 0 Å². The van der Waals surface area contributed by atoms with Gasteiger partial charge >= 0.3 is 0 Å². The van der Waals surface area contributed by atoms with Crippen LogP contribution in [0.15, 0.2) is 60.9 Å². The van der Waals surface area contributed by atoms with Gasteiger partial charge in [0.2, 0.25) is 5.88 Å². The first kappa shape index (κ1) is 17.2. The van der Waals surface area contributed by atoms with Crippen LogP contribution in [0.5, 0.6) is 5.88 Å². The summed E-state index contributed by atoms with van der Waals surface area (Å²) in [5, 5.41) is 13.9. The Kier molecular flexibility index (Phi) is 4.28. The second-order valence-electron chi connectivity index (χ2n) is 6.65. The van der Waals surface area contributed by atoms with Crippen molar-refractivity contribution in [3.63, 3.8) is 0 Å². The summed E-state index contributed by atoms with van der Waals surface area (Å²) in [5.41, 5.74) is 9.61. The first-order chi connectivity index (χ1) is 14.3. The lowest BCUT2D eigenvalue weighted by atomic mass is 10.1. The van der Waals surface area contributed by atoms with Crippen molar-refractivity contribution in [2.24, 2.45) is 0 Å². The molecule has 0 saturated heterocycles. The SMILES string of the molecule is Nc1nc2ccccc2c2c(-c3ccn[nH]3)n(CCCOc3ccccn3)nc12. The summed E-state index contributed by atoms with van der Waals surface area (Å²) in [6.07, 6.45) is 4.21. The van der Waals surface area contributed by atoms with E-state index in [9.17, 15) is 0 Å². The van der Waals surface area contributed by atoms with Crippen LogP contribution in [0.2, 0.25) is 0 Å². The molecule has 8 nitrogen and oxygen atoms in total. The Morgan fingerprint density at radius 3 is 2.76 bits per heavy atom. The summed E-state index contributed by atoms with van der Waals surface area (Å²) in [7, 11) is 0. The highest BCUT2D eigenvalue weighted by Crippen LogP contribution is 2.35. The third-order valence-electron chi connectivity index (χ3n) is 4.77. The van der Waals surface area contributed by atoms with Gasteiger partial charge in [0, 0.05) is 42.2 Å². The second-order valence-corrected chi connectivity index (χ2v) is 6.65. The number of nitrogens with two attached hydrogens (primary N) is 1. The molecule has 5 rings (SSSR count). The number of fused-ring (bicyclic) bond motifs is 3. The van der Waals surface area contributed by atoms with Crippen molar-refractivity contribution in [1.82, 2.24) is 29.9 Å². The highest BCUT2D eigenvalue weighted by Gasteiger charge is 2.19. The van der Waals surface area contributed by atoms with Crippen molar-refractivity contribution in [3.05, 3.63) is 60.9 Å². The molecule has 29 heavy (non-hydrogen) atoms. The van der Waals surface area contributed by atoms with E-state index in [2.05, 4.69) is 20.2 Å². The molecule has 4 heterocycles. The molecule has 0 unspecified atom stereocenters. The molecular weight excluding hydrogens is 366 g/mol. The average molecular weight is 385 g/mol. The summed E-state index contributed by atoms with van der Waals surface area (Å²) in [6, 6.07) is 15.5. The van der Waals surface area contributed by atoms with Gasteiger partial charge in [-0.05, 0) is 18.2 Å². The Morgan fingerprint density at radius 1 is 1.03 bits per heavy atom. The standard InChI is InChI=1S/C21H19N7O/c22-21-19-18(14-6-1-2-7-15(14)25-21)20(16-9-11-24-26-16)28(27-19)12-5-13-29-17-8-3-4-10-23-17/h1-4,6-11H,5,12-13H2,(H2,22,25)(H,24,26). The highest BCUT2D eigenvalue weighted by atomic mass is 16.5. The quantitative estimate of drug-likeness (QED) is 0.434.